The highest BCUT2D eigenvalue weighted by atomic mass is 127. The smallest absolute Gasteiger partial charge is 0.191 e. The predicted octanol–water partition coefficient (Wildman–Crippen LogP) is 2.62. The van der Waals surface area contributed by atoms with E-state index < -0.39 is 0 Å². The number of halogens is 1. The van der Waals surface area contributed by atoms with E-state index in [1.54, 1.807) is 0 Å². The van der Waals surface area contributed by atoms with Gasteiger partial charge in [0.05, 0.1) is 0 Å². The van der Waals surface area contributed by atoms with E-state index in [0.717, 1.165) is 31.5 Å². The number of likely N-dealkylation sites (tertiary alicyclic amines) is 1. The highest BCUT2D eigenvalue weighted by Crippen LogP contribution is 2.11. The van der Waals surface area contributed by atoms with Crippen LogP contribution < -0.4 is 10.6 Å². The zero-order chi connectivity index (χ0) is 17.1. The molecule has 0 atom stereocenters. The molecule has 1 heterocycles. The van der Waals surface area contributed by atoms with Gasteiger partial charge in [0.1, 0.15) is 0 Å². The number of rotatable bonds is 9. The number of hydrogen-bond acceptors (Lipinski definition) is 3. The summed E-state index contributed by atoms with van der Waals surface area (Å²) >= 11 is 0. The first kappa shape index (κ1) is 23.9. The molecule has 0 saturated carbocycles. The molecule has 1 aliphatic heterocycles. The van der Waals surface area contributed by atoms with E-state index in [1.807, 2.05) is 7.05 Å². The molecule has 24 heavy (non-hydrogen) atoms. The van der Waals surface area contributed by atoms with Crippen LogP contribution in [0.5, 0.6) is 0 Å². The van der Waals surface area contributed by atoms with Gasteiger partial charge in [-0.3, -0.25) is 4.99 Å². The van der Waals surface area contributed by atoms with Gasteiger partial charge in [0.2, 0.25) is 0 Å². The Hall–Kier alpha value is -0.0800. The van der Waals surface area contributed by atoms with Crippen molar-refractivity contribution in [2.75, 3.05) is 52.9 Å². The Labute approximate surface area is 167 Å². The molecule has 1 rings (SSSR count). The van der Waals surface area contributed by atoms with Gasteiger partial charge in [-0.15, -0.1) is 24.0 Å². The van der Waals surface area contributed by atoms with E-state index >= 15 is 0 Å². The minimum atomic E-state index is 0. The van der Waals surface area contributed by atoms with Crippen LogP contribution in [-0.4, -0.2) is 74.7 Å². The summed E-state index contributed by atoms with van der Waals surface area (Å²) < 4.78 is 0. The van der Waals surface area contributed by atoms with E-state index in [2.05, 4.69) is 53.1 Å². The number of aliphatic imine (C=N–C) groups is 1. The summed E-state index contributed by atoms with van der Waals surface area (Å²) in [7, 11) is 1.87. The molecule has 1 saturated heterocycles. The topological polar surface area (TPSA) is 42.9 Å². The van der Waals surface area contributed by atoms with Crippen LogP contribution in [0.2, 0.25) is 0 Å². The van der Waals surface area contributed by atoms with Gasteiger partial charge in [-0.1, -0.05) is 27.7 Å². The molecule has 1 fully saturated rings. The Bertz CT molecular complexity index is 327. The maximum atomic E-state index is 4.38. The van der Waals surface area contributed by atoms with E-state index in [9.17, 15) is 0 Å². The van der Waals surface area contributed by atoms with Crippen LogP contribution in [0.15, 0.2) is 4.99 Å². The molecule has 5 nitrogen and oxygen atoms in total. The van der Waals surface area contributed by atoms with Gasteiger partial charge in [-0.25, -0.2) is 0 Å². The third-order valence-corrected chi connectivity index (χ3v) is 4.48. The van der Waals surface area contributed by atoms with Gasteiger partial charge in [0.25, 0.3) is 0 Å². The minimum absolute atomic E-state index is 0. The van der Waals surface area contributed by atoms with Crippen molar-refractivity contribution in [3.63, 3.8) is 0 Å². The second kappa shape index (κ2) is 14.1. The van der Waals surface area contributed by atoms with Crippen molar-refractivity contribution in [3.8, 4) is 0 Å². The molecule has 144 valence electrons. The molecule has 0 aromatic carbocycles. The zero-order valence-corrected chi connectivity index (χ0v) is 18.8. The third-order valence-electron chi connectivity index (χ3n) is 4.48. The first-order valence-corrected chi connectivity index (χ1v) is 9.50. The van der Waals surface area contributed by atoms with Gasteiger partial charge in [-0.2, -0.15) is 0 Å². The fraction of sp³-hybridized carbons (Fsp3) is 0.944. The molecule has 6 heteroatoms. The Morgan fingerprint density at radius 2 is 1.88 bits per heavy atom. The SMILES string of the molecule is CCCN(CC)CCNC(=NC)NC1CCN(CC(C)C)CC1.I. The highest BCUT2D eigenvalue weighted by molar-refractivity contribution is 14.0. The summed E-state index contributed by atoms with van der Waals surface area (Å²) in [6, 6.07) is 0.558. The summed E-state index contributed by atoms with van der Waals surface area (Å²) in [5.74, 6) is 1.72. The summed E-state index contributed by atoms with van der Waals surface area (Å²) in [6.45, 7) is 17.0. The molecule has 2 N–H and O–H groups in total. The third kappa shape index (κ3) is 10.0. The van der Waals surface area contributed by atoms with Crippen molar-refractivity contribution in [1.29, 1.82) is 0 Å². The first-order chi connectivity index (χ1) is 11.1. The van der Waals surface area contributed by atoms with Crippen molar-refractivity contribution in [2.45, 2.75) is 53.0 Å². The van der Waals surface area contributed by atoms with Gasteiger partial charge < -0.3 is 20.4 Å². The van der Waals surface area contributed by atoms with E-state index in [1.165, 1.54) is 45.4 Å². The number of piperidine rings is 1. The molecular formula is C18H40IN5. The second-order valence-corrected chi connectivity index (χ2v) is 7.05. The lowest BCUT2D eigenvalue weighted by Gasteiger charge is -2.34. The van der Waals surface area contributed by atoms with Gasteiger partial charge in [0.15, 0.2) is 5.96 Å². The summed E-state index contributed by atoms with van der Waals surface area (Å²) in [6.07, 6.45) is 3.64. The quantitative estimate of drug-likeness (QED) is 0.320. The monoisotopic (exact) mass is 453 g/mol. The molecule has 0 aliphatic carbocycles. The fourth-order valence-corrected chi connectivity index (χ4v) is 3.24. The number of guanidine groups is 1. The number of hydrogen-bond donors (Lipinski definition) is 2. The lowest BCUT2D eigenvalue weighted by atomic mass is 10.0. The van der Waals surface area contributed by atoms with Crippen LogP contribution in [0.25, 0.3) is 0 Å². The number of nitrogens with zero attached hydrogens (tertiary/aromatic N) is 3. The van der Waals surface area contributed by atoms with Crippen LogP contribution in [0.3, 0.4) is 0 Å². The van der Waals surface area contributed by atoms with Gasteiger partial charge in [-0.05, 0) is 38.3 Å². The van der Waals surface area contributed by atoms with Crippen LogP contribution >= 0.6 is 24.0 Å². The van der Waals surface area contributed by atoms with E-state index in [-0.39, 0.29) is 24.0 Å². The molecule has 1 aliphatic rings. The largest absolute Gasteiger partial charge is 0.355 e. The molecule has 0 bridgehead atoms. The minimum Gasteiger partial charge on any atom is -0.355 e. The Morgan fingerprint density at radius 1 is 1.21 bits per heavy atom. The molecule has 0 radical (unpaired) electrons. The average Bonchev–Trinajstić information content (AvgIpc) is 2.54. The zero-order valence-electron chi connectivity index (χ0n) is 16.5. The molecular weight excluding hydrogens is 413 g/mol. The summed E-state index contributed by atoms with van der Waals surface area (Å²) in [5.41, 5.74) is 0. The molecule has 0 aromatic rings. The Balaban J connectivity index is 0.00000529. The van der Waals surface area contributed by atoms with Gasteiger partial charge in [0, 0.05) is 45.8 Å². The fourth-order valence-electron chi connectivity index (χ4n) is 3.24. The highest BCUT2D eigenvalue weighted by Gasteiger charge is 2.20. The maximum Gasteiger partial charge on any atom is 0.191 e. The summed E-state index contributed by atoms with van der Waals surface area (Å²) in [4.78, 5) is 9.44. The van der Waals surface area contributed by atoms with Crippen molar-refractivity contribution >= 4 is 29.9 Å². The second-order valence-electron chi connectivity index (χ2n) is 7.05. The molecule has 0 unspecified atom stereocenters. The van der Waals surface area contributed by atoms with Crippen molar-refractivity contribution in [1.82, 2.24) is 20.4 Å². The Kier molecular flexibility index (Phi) is 14.1. The Morgan fingerprint density at radius 3 is 2.38 bits per heavy atom. The maximum absolute atomic E-state index is 4.38. The molecule has 0 spiro atoms. The first-order valence-electron chi connectivity index (χ1n) is 9.50. The number of likely N-dealkylation sites (N-methyl/N-ethyl adjacent to an activating group) is 1. The standard InChI is InChI=1S/C18H39N5.HI/c1-6-11-22(7-2)14-10-20-18(19-5)21-17-8-12-23(13-9-17)15-16(3)4;/h16-17H,6-15H2,1-5H3,(H2,19,20,21);1H. The lowest BCUT2D eigenvalue weighted by Crippen LogP contribution is -2.50. The lowest BCUT2D eigenvalue weighted by molar-refractivity contribution is 0.186. The molecule has 0 amide bonds. The molecule has 0 aromatic heterocycles. The van der Waals surface area contributed by atoms with E-state index in [4.69, 9.17) is 0 Å². The van der Waals surface area contributed by atoms with Crippen molar-refractivity contribution in [3.05, 3.63) is 0 Å². The number of nitrogens with one attached hydrogen (secondary N) is 2. The van der Waals surface area contributed by atoms with Crippen LogP contribution in [0, 0.1) is 5.92 Å². The van der Waals surface area contributed by atoms with Gasteiger partial charge >= 0.3 is 0 Å². The summed E-state index contributed by atoms with van der Waals surface area (Å²) in [5, 5.41) is 7.06. The van der Waals surface area contributed by atoms with Crippen molar-refractivity contribution in [2.24, 2.45) is 10.9 Å². The van der Waals surface area contributed by atoms with Crippen LogP contribution in [-0.2, 0) is 0 Å². The normalized spacial score (nSPS) is 17.2. The van der Waals surface area contributed by atoms with Crippen LogP contribution in [0.4, 0.5) is 0 Å². The van der Waals surface area contributed by atoms with E-state index in [0.29, 0.717) is 6.04 Å². The van der Waals surface area contributed by atoms with Crippen molar-refractivity contribution < 1.29 is 0 Å². The average molecular weight is 453 g/mol. The predicted molar refractivity (Wildman–Crippen MR) is 117 cm³/mol. The van der Waals surface area contributed by atoms with Crippen LogP contribution in [0.1, 0.15) is 47.0 Å².